The van der Waals surface area contributed by atoms with Gasteiger partial charge in [0.05, 0.1) is 10.9 Å². The van der Waals surface area contributed by atoms with Gasteiger partial charge in [-0.2, -0.15) is 0 Å². The first kappa shape index (κ1) is 16.6. The number of fused-ring (bicyclic) bond motifs is 1. The Morgan fingerprint density at radius 1 is 1.00 bits per heavy atom. The van der Waals surface area contributed by atoms with Crippen LogP contribution in [0.5, 0.6) is 5.88 Å². The van der Waals surface area contributed by atoms with Crippen LogP contribution in [0, 0.1) is 0 Å². The van der Waals surface area contributed by atoms with Gasteiger partial charge < -0.3 is 10.5 Å². The quantitative estimate of drug-likeness (QED) is 0.526. The summed E-state index contributed by atoms with van der Waals surface area (Å²) in [5, 5.41) is 8.95. The Morgan fingerprint density at radius 2 is 1.77 bits per heavy atom. The monoisotopic (exact) mass is 363 g/mol. The zero-order chi connectivity index (χ0) is 17.9. The minimum absolute atomic E-state index is 0.258. The van der Waals surface area contributed by atoms with Crippen molar-refractivity contribution in [2.75, 3.05) is 6.54 Å². The van der Waals surface area contributed by atoms with Crippen molar-refractivity contribution in [2.45, 2.75) is 6.10 Å². The molecule has 3 N–H and O–H groups in total. The van der Waals surface area contributed by atoms with Crippen molar-refractivity contribution >= 4 is 22.5 Å². The molecule has 26 heavy (non-hydrogen) atoms. The van der Waals surface area contributed by atoms with E-state index in [-0.39, 0.29) is 6.10 Å². The third kappa shape index (κ3) is 3.17. The number of rotatable bonds is 5. The lowest BCUT2D eigenvalue weighted by Gasteiger charge is -2.16. The van der Waals surface area contributed by atoms with Crippen LogP contribution in [0.15, 0.2) is 72.8 Å². The van der Waals surface area contributed by atoms with E-state index in [1.807, 2.05) is 72.8 Å². The van der Waals surface area contributed by atoms with E-state index in [0.717, 1.165) is 27.6 Å². The molecule has 1 aromatic heterocycles. The molecule has 0 aliphatic heterocycles. The van der Waals surface area contributed by atoms with Crippen molar-refractivity contribution < 1.29 is 4.74 Å². The van der Waals surface area contributed by atoms with Crippen LogP contribution in [0.2, 0.25) is 5.02 Å². The van der Waals surface area contributed by atoms with E-state index in [9.17, 15) is 0 Å². The Bertz CT molecular complexity index is 1030. The minimum atomic E-state index is -0.258. The van der Waals surface area contributed by atoms with Gasteiger partial charge in [-0.3, -0.25) is 5.10 Å². The van der Waals surface area contributed by atoms with E-state index in [1.54, 1.807) is 0 Å². The van der Waals surface area contributed by atoms with Gasteiger partial charge in [0.15, 0.2) is 0 Å². The summed E-state index contributed by atoms with van der Waals surface area (Å²) in [7, 11) is 0. The fourth-order valence-corrected chi connectivity index (χ4v) is 3.24. The number of aromatic nitrogens is 2. The summed E-state index contributed by atoms with van der Waals surface area (Å²) in [5.74, 6) is 0.535. The molecule has 0 amide bonds. The zero-order valence-corrected chi connectivity index (χ0v) is 14.8. The van der Waals surface area contributed by atoms with Gasteiger partial charge in [0.1, 0.15) is 6.10 Å². The van der Waals surface area contributed by atoms with Gasteiger partial charge in [0.25, 0.3) is 0 Å². The summed E-state index contributed by atoms with van der Waals surface area (Å²) in [6.45, 7) is 0.364. The number of nitrogens with zero attached hydrogens (tertiary/aromatic N) is 1. The third-order valence-corrected chi connectivity index (χ3v) is 4.68. The first-order valence-corrected chi connectivity index (χ1v) is 8.79. The number of benzene rings is 3. The molecule has 3 aromatic carbocycles. The molecule has 1 heterocycles. The highest BCUT2D eigenvalue weighted by molar-refractivity contribution is 6.33. The van der Waals surface area contributed by atoms with Crippen LogP contribution in [0.4, 0.5) is 0 Å². The Hall–Kier alpha value is -2.82. The molecule has 0 aliphatic rings. The first-order chi connectivity index (χ1) is 12.8. The maximum absolute atomic E-state index is 6.34. The highest BCUT2D eigenvalue weighted by atomic mass is 35.5. The Kier molecular flexibility index (Phi) is 4.61. The fraction of sp³-hybridized carbons (Fsp3) is 0.0952. The van der Waals surface area contributed by atoms with Gasteiger partial charge in [-0.25, -0.2) is 0 Å². The predicted octanol–water partition coefficient (Wildman–Crippen LogP) is 4.96. The smallest absolute Gasteiger partial charge is 0.241 e. The number of halogens is 1. The molecule has 0 fully saturated rings. The second-order valence-corrected chi connectivity index (χ2v) is 6.43. The maximum Gasteiger partial charge on any atom is 0.241 e. The van der Waals surface area contributed by atoms with Gasteiger partial charge in [0.2, 0.25) is 5.88 Å². The van der Waals surface area contributed by atoms with Crippen LogP contribution in [0.1, 0.15) is 11.7 Å². The molecule has 4 nitrogen and oxygen atoms in total. The molecule has 0 bridgehead atoms. The SMILES string of the molecule is NC[C@H](Oc1n[nH]c2ccc(-c3ccccc3Cl)cc12)c1ccccc1. The van der Waals surface area contributed by atoms with Crippen LogP contribution in [0.3, 0.4) is 0 Å². The van der Waals surface area contributed by atoms with E-state index < -0.39 is 0 Å². The molecule has 0 saturated carbocycles. The minimum Gasteiger partial charge on any atom is -0.467 e. The van der Waals surface area contributed by atoms with Gasteiger partial charge in [0, 0.05) is 17.1 Å². The largest absolute Gasteiger partial charge is 0.467 e. The molecule has 0 spiro atoms. The summed E-state index contributed by atoms with van der Waals surface area (Å²) in [6.07, 6.45) is -0.258. The zero-order valence-electron chi connectivity index (χ0n) is 14.0. The summed E-state index contributed by atoms with van der Waals surface area (Å²) in [4.78, 5) is 0. The Labute approximate surface area is 156 Å². The summed E-state index contributed by atoms with van der Waals surface area (Å²) < 4.78 is 6.12. The molecule has 4 rings (SSSR count). The standard InChI is InChI=1S/C21H18ClN3O/c22-18-9-5-4-8-16(18)15-10-11-19-17(12-15)21(25-24-19)26-20(13-23)14-6-2-1-3-7-14/h1-12,20H,13,23H2,(H,24,25)/t20-/m0/s1. The van der Waals surface area contributed by atoms with Crippen molar-refractivity contribution in [3.05, 3.63) is 83.4 Å². The number of H-pyrrole nitrogens is 1. The van der Waals surface area contributed by atoms with Crippen LogP contribution in [0.25, 0.3) is 22.0 Å². The van der Waals surface area contributed by atoms with Crippen LogP contribution in [-0.2, 0) is 0 Å². The lowest BCUT2D eigenvalue weighted by molar-refractivity contribution is 0.207. The van der Waals surface area contributed by atoms with Gasteiger partial charge in [-0.05, 0) is 29.3 Å². The number of aromatic amines is 1. The third-order valence-electron chi connectivity index (χ3n) is 4.35. The van der Waals surface area contributed by atoms with Crippen molar-refractivity contribution in [1.82, 2.24) is 10.2 Å². The van der Waals surface area contributed by atoms with Gasteiger partial charge >= 0.3 is 0 Å². The Balaban J connectivity index is 1.72. The van der Waals surface area contributed by atoms with Crippen molar-refractivity contribution in [1.29, 1.82) is 0 Å². The number of nitrogens with two attached hydrogens (primary N) is 1. The summed E-state index contributed by atoms with van der Waals surface area (Å²) in [5.41, 5.74) is 9.84. The van der Waals surface area contributed by atoms with E-state index >= 15 is 0 Å². The van der Waals surface area contributed by atoms with Crippen LogP contribution < -0.4 is 10.5 Å². The molecule has 1 atom stereocenters. The van der Waals surface area contributed by atoms with E-state index in [4.69, 9.17) is 22.1 Å². The average Bonchev–Trinajstić information content (AvgIpc) is 3.09. The first-order valence-electron chi connectivity index (χ1n) is 8.41. The van der Waals surface area contributed by atoms with E-state index in [2.05, 4.69) is 10.2 Å². The van der Waals surface area contributed by atoms with Crippen molar-refractivity contribution in [3.8, 4) is 17.0 Å². The molecule has 5 heteroatoms. The molecule has 0 radical (unpaired) electrons. The number of ether oxygens (including phenoxy) is 1. The number of hydrogen-bond acceptors (Lipinski definition) is 3. The van der Waals surface area contributed by atoms with Gasteiger partial charge in [-0.1, -0.05) is 66.2 Å². The summed E-state index contributed by atoms with van der Waals surface area (Å²) in [6, 6.07) is 23.7. The Morgan fingerprint density at radius 3 is 2.54 bits per heavy atom. The van der Waals surface area contributed by atoms with E-state index in [1.165, 1.54) is 0 Å². The van der Waals surface area contributed by atoms with Crippen molar-refractivity contribution in [2.24, 2.45) is 5.73 Å². The second kappa shape index (κ2) is 7.20. The van der Waals surface area contributed by atoms with Gasteiger partial charge in [-0.15, -0.1) is 5.10 Å². The van der Waals surface area contributed by atoms with Crippen LogP contribution in [-0.4, -0.2) is 16.7 Å². The molecular formula is C21H18ClN3O. The average molecular weight is 364 g/mol. The molecule has 4 aromatic rings. The predicted molar refractivity (Wildman–Crippen MR) is 105 cm³/mol. The molecular weight excluding hydrogens is 346 g/mol. The normalized spacial score (nSPS) is 12.2. The summed E-state index contributed by atoms with van der Waals surface area (Å²) >= 11 is 6.34. The van der Waals surface area contributed by atoms with E-state index in [0.29, 0.717) is 17.4 Å². The number of nitrogens with one attached hydrogen (secondary N) is 1. The topological polar surface area (TPSA) is 63.9 Å². The fourth-order valence-electron chi connectivity index (χ4n) is 3.00. The maximum atomic E-state index is 6.34. The highest BCUT2D eigenvalue weighted by Crippen LogP contribution is 2.33. The lowest BCUT2D eigenvalue weighted by Crippen LogP contribution is -2.18. The molecule has 0 saturated heterocycles. The molecule has 130 valence electrons. The number of hydrogen-bond donors (Lipinski definition) is 2. The highest BCUT2D eigenvalue weighted by Gasteiger charge is 2.16. The van der Waals surface area contributed by atoms with Crippen LogP contribution >= 0.6 is 11.6 Å². The molecule has 0 aliphatic carbocycles. The lowest BCUT2D eigenvalue weighted by atomic mass is 10.0. The van der Waals surface area contributed by atoms with Crippen molar-refractivity contribution in [3.63, 3.8) is 0 Å². The second-order valence-electron chi connectivity index (χ2n) is 6.02. The molecule has 0 unspecified atom stereocenters.